The molecule has 2 N–H and O–H groups in total. The van der Waals surface area contributed by atoms with Gasteiger partial charge in [0.05, 0.1) is 24.2 Å². The first-order valence-electron chi connectivity index (χ1n) is 7.49. The van der Waals surface area contributed by atoms with Crippen LogP contribution in [0.2, 0.25) is 0 Å². The number of rotatable bonds is 2. The predicted octanol–water partition coefficient (Wildman–Crippen LogP) is 2.23. The van der Waals surface area contributed by atoms with Crippen LogP contribution in [0.1, 0.15) is 11.3 Å². The topological polar surface area (TPSA) is 78.8 Å². The van der Waals surface area contributed by atoms with Crippen molar-refractivity contribution in [2.45, 2.75) is 12.8 Å². The molecule has 2 aromatic heterocycles. The van der Waals surface area contributed by atoms with Crippen LogP contribution in [-0.2, 0) is 19.9 Å². The molecule has 0 aliphatic heterocycles. The average Bonchev–Trinajstić information content (AvgIpc) is 2.91. The van der Waals surface area contributed by atoms with Gasteiger partial charge in [-0.2, -0.15) is 5.10 Å². The Hall–Kier alpha value is -2.89. The van der Waals surface area contributed by atoms with Crippen molar-refractivity contribution in [1.29, 1.82) is 0 Å². The van der Waals surface area contributed by atoms with Gasteiger partial charge in [0.25, 0.3) is 0 Å². The minimum atomic E-state index is 0.289. The number of nitrogen functional groups attached to an aromatic ring is 1. The fourth-order valence-electron chi connectivity index (χ4n) is 3.18. The maximum atomic E-state index is 5.81. The molecule has 0 radical (unpaired) electrons. The zero-order valence-electron chi connectivity index (χ0n) is 13.1. The Bertz CT molecular complexity index is 900. The number of fused-ring (bicyclic) bond motifs is 3. The van der Waals surface area contributed by atoms with Gasteiger partial charge in [-0.15, -0.1) is 0 Å². The van der Waals surface area contributed by atoms with E-state index in [0.717, 1.165) is 52.4 Å². The van der Waals surface area contributed by atoms with Crippen LogP contribution in [0.25, 0.3) is 22.5 Å². The smallest absolute Gasteiger partial charge is 0.220 e. The summed E-state index contributed by atoms with van der Waals surface area (Å²) in [7, 11) is 3.62. The van der Waals surface area contributed by atoms with Crippen LogP contribution < -0.4 is 10.5 Å². The number of aryl methyl sites for hydroxylation is 3. The summed E-state index contributed by atoms with van der Waals surface area (Å²) in [6, 6.07) is 7.97. The summed E-state index contributed by atoms with van der Waals surface area (Å²) < 4.78 is 7.26. The lowest BCUT2D eigenvalue weighted by atomic mass is 9.91. The van der Waals surface area contributed by atoms with Crippen LogP contribution in [0.3, 0.4) is 0 Å². The zero-order valence-corrected chi connectivity index (χ0v) is 13.1. The first kappa shape index (κ1) is 13.8. The Morgan fingerprint density at radius 1 is 1.26 bits per heavy atom. The molecule has 0 fully saturated rings. The molecule has 0 amide bonds. The number of nitrogens with zero attached hydrogens (tertiary/aromatic N) is 4. The lowest BCUT2D eigenvalue weighted by Gasteiger charge is -2.16. The second kappa shape index (κ2) is 5.08. The molecule has 0 unspecified atom stereocenters. The molecule has 3 aromatic rings. The summed E-state index contributed by atoms with van der Waals surface area (Å²) in [5.74, 6) is 1.10. The summed E-state index contributed by atoms with van der Waals surface area (Å²) >= 11 is 0. The van der Waals surface area contributed by atoms with Gasteiger partial charge in [-0.05, 0) is 30.5 Å². The van der Waals surface area contributed by atoms with Gasteiger partial charge in [-0.25, -0.2) is 9.97 Å². The maximum Gasteiger partial charge on any atom is 0.220 e. The van der Waals surface area contributed by atoms with Gasteiger partial charge in [-0.3, -0.25) is 4.68 Å². The highest BCUT2D eigenvalue weighted by Gasteiger charge is 2.26. The highest BCUT2D eigenvalue weighted by Crippen LogP contribution is 2.39. The minimum absolute atomic E-state index is 0.289. The van der Waals surface area contributed by atoms with E-state index in [4.69, 9.17) is 10.5 Å². The number of hydrogen-bond acceptors (Lipinski definition) is 5. The normalized spacial score (nSPS) is 12.6. The SMILES string of the molecule is COc1cccc(-c2c3c(nn2C)CCc2cnc(N)nc2-3)c1. The van der Waals surface area contributed by atoms with Gasteiger partial charge >= 0.3 is 0 Å². The average molecular weight is 307 g/mol. The number of aromatic nitrogens is 4. The van der Waals surface area contributed by atoms with Gasteiger partial charge in [0.2, 0.25) is 5.95 Å². The van der Waals surface area contributed by atoms with Crippen molar-refractivity contribution in [2.24, 2.45) is 7.05 Å². The zero-order chi connectivity index (χ0) is 16.0. The number of hydrogen-bond donors (Lipinski definition) is 1. The molecule has 116 valence electrons. The fourth-order valence-corrected chi connectivity index (χ4v) is 3.18. The molecule has 6 heteroatoms. The summed E-state index contributed by atoms with van der Waals surface area (Å²) in [5.41, 5.74) is 12.0. The van der Waals surface area contributed by atoms with E-state index in [0.29, 0.717) is 0 Å². The highest BCUT2D eigenvalue weighted by atomic mass is 16.5. The van der Waals surface area contributed by atoms with Crippen molar-refractivity contribution in [3.63, 3.8) is 0 Å². The van der Waals surface area contributed by atoms with E-state index < -0.39 is 0 Å². The first-order chi connectivity index (χ1) is 11.2. The van der Waals surface area contributed by atoms with Crippen molar-refractivity contribution >= 4 is 5.95 Å². The molecule has 2 heterocycles. The third kappa shape index (κ3) is 2.14. The second-order valence-electron chi connectivity index (χ2n) is 5.63. The molecule has 6 nitrogen and oxygen atoms in total. The van der Waals surface area contributed by atoms with E-state index in [-0.39, 0.29) is 5.95 Å². The van der Waals surface area contributed by atoms with Crippen LogP contribution in [-0.4, -0.2) is 26.9 Å². The Labute approximate surface area is 133 Å². The summed E-state index contributed by atoms with van der Waals surface area (Å²) in [5, 5.41) is 4.69. The Morgan fingerprint density at radius 3 is 2.96 bits per heavy atom. The largest absolute Gasteiger partial charge is 0.497 e. The summed E-state index contributed by atoms with van der Waals surface area (Å²) in [4.78, 5) is 8.60. The molecule has 0 saturated carbocycles. The van der Waals surface area contributed by atoms with Crippen molar-refractivity contribution in [1.82, 2.24) is 19.7 Å². The molecule has 0 saturated heterocycles. The third-order valence-electron chi connectivity index (χ3n) is 4.21. The van der Waals surface area contributed by atoms with Gasteiger partial charge in [0, 0.05) is 24.4 Å². The van der Waals surface area contributed by atoms with Gasteiger partial charge in [0.15, 0.2) is 0 Å². The minimum Gasteiger partial charge on any atom is -0.497 e. The van der Waals surface area contributed by atoms with E-state index in [2.05, 4.69) is 21.1 Å². The van der Waals surface area contributed by atoms with Crippen molar-refractivity contribution < 1.29 is 4.74 Å². The number of benzene rings is 1. The third-order valence-corrected chi connectivity index (χ3v) is 4.21. The van der Waals surface area contributed by atoms with Crippen LogP contribution in [0.5, 0.6) is 5.75 Å². The molecule has 0 spiro atoms. The van der Waals surface area contributed by atoms with E-state index in [9.17, 15) is 0 Å². The molecule has 23 heavy (non-hydrogen) atoms. The summed E-state index contributed by atoms with van der Waals surface area (Å²) in [6.45, 7) is 0. The molecule has 0 atom stereocenters. The van der Waals surface area contributed by atoms with Crippen molar-refractivity contribution in [3.05, 3.63) is 41.7 Å². The molecular weight excluding hydrogens is 290 g/mol. The van der Waals surface area contributed by atoms with Crippen molar-refractivity contribution in [3.8, 4) is 28.3 Å². The van der Waals surface area contributed by atoms with Crippen LogP contribution in [0, 0.1) is 0 Å². The number of anilines is 1. The number of ether oxygens (including phenoxy) is 1. The van der Waals surface area contributed by atoms with E-state index in [1.165, 1.54) is 0 Å². The quantitative estimate of drug-likeness (QED) is 0.785. The number of nitrogens with two attached hydrogens (primary N) is 1. The molecule has 1 aliphatic rings. The molecule has 0 bridgehead atoms. The lowest BCUT2D eigenvalue weighted by Crippen LogP contribution is -2.08. The van der Waals surface area contributed by atoms with Crippen LogP contribution in [0.15, 0.2) is 30.5 Å². The van der Waals surface area contributed by atoms with Gasteiger partial charge in [-0.1, -0.05) is 12.1 Å². The van der Waals surface area contributed by atoms with Crippen LogP contribution >= 0.6 is 0 Å². The van der Waals surface area contributed by atoms with E-state index >= 15 is 0 Å². The Balaban J connectivity index is 1.98. The second-order valence-corrected chi connectivity index (χ2v) is 5.63. The lowest BCUT2D eigenvalue weighted by molar-refractivity contribution is 0.415. The Kier molecular flexibility index (Phi) is 3.04. The maximum absolute atomic E-state index is 5.81. The molecule has 4 rings (SSSR count). The fraction of sp³-hybridized carbons (Fsp3) is 0.235. The highest BCUT2D eigenvalue weighted by molar-refractivity contribution is 5.84. The van der Waals surface area contributed by atoms with E-state index in [1.54, 1.807) is 7.11 Å². The molecule has 1 aliphatic carbocycles. The van der Waals surface area contributed by atoms with Crippen molar-refractivity contribution in [2.75, 3.05) is 12.8 Å². The molecule has 1 aromatic carbocycles. The van der Waals surface area contributed by atoms with Gasteiger partial charge < -0.3 is 10.5 Å². The van der Waals surface area contributed by atoms with Crippen LogP contribution in [0.4, 0.5) is 5.95 Å². The van der Waals surface area contributed by atoms with E-state index in [1.807, 2.05) is 36.1 Å². The number of methoxy groups -OCH3 is 1. The predicted molar refractivity (Wildman–Crippen MR) is 88.0 cm³/mol. The monoisotopic (exact) mass is 307 g/mol. The summed E-state index contributed by atoms with van der Waals surface area (Å²) in [6.07, 6.45) is 3.59. The first-order valence-corrected chi connectivity index (χ1v) is 7.49. The molecular formula is C17H17N5O. The standard InChI is InChI=1S/C17H17N5O/c1-22-16(10-4-3-5-12(8-10)23-2)14-13(21-22)7-6-11-9-19-17(18)20-15(11)14/h3-5,8-9H,6-7H2,1-2H3,(H2,18,19,20). The van der Waals surface area contributed by atoms with Gasteiger partial charge in [0.1, 0.15) is 5.75 Å². The Morgan fingerprint density at radius 2 is 2.13 bits per heavy atom.